The van der Waals surface area contributed by atoms with Crippen molar-refractivity contribution >= 4 is 44.4 Å². The fourth-order valence-electron chi connectivity index (χ4n) is 1.58. The fraction of sp³-hybridized carbons (Fsp3) is 0.214. The second kappa shape index (κ2) is 6.03. The van der Waals surface area contributed by atoms with Crippen LogP contribution in [0.25, 0.3) is 16.2 Å². The first-order valence-corrected chi connectivity index (χ1v) is 7.39. The Balaban J connectivity index is 1.93. The van der Waals surface area contributed by atoms with Crippen molar-refractivity contribution in [3.8, 4) is 0 Å². The molecule has 2 rings (SSSR count). The normalized spacial score (nSPS) is 11.4. The minimum Gasteiger partial charge on any atom is -0.288 e. The number of benzene rings is 1. The Morgan fingerprint density at radius 2 is 2.29 bits per heavy atom. The molecule has 1 nitrogen and oxygen atoms in total. The zero-order valence-electron chi connectivity index (χ0n) is 9.68. The molecule has 0 atom stereocenters. The highest BCUT2D eigenvalue weighted by atomic mass is 32.2. The average molecular weight is 262 g/mol. The van der Waals surface area contributed by atoms with Crippen LogP contribution >= 0.6 is 23.1 Å². The van der Waals surface area contributed by atoms with Crippen LogP contribution in [0.1, 0.15) is 18.9 Å². The monoisotopic (exact) mass is 262 g/mol. The molecule has 0 aliphatic rings. The Morgan fingerprint density at radius 1 is 1.41 bits per heavy atom. The summed E-state index contributed by atoms with van der Waals surface area (Å²) >= 11 is 3.15. The maximum atomic E-state index is 10.7. The van der Waals surface area contributed by atoms with Crippen molar-refractivity contribution < 1.29 is 4.79 Å². The molecule has 0 spiro atoms. The summed E-state index contributed by atoms with van der Waals surface area (Å²) in [4.78, 5) is 10.7. The summed E-state index contributed by atoms with van der Waals surface area (Å²) in [6.45, 7) is 1.61. The van der Waals surface area contributed by atoms with Crippen molar-refractivity contribution in [2.24, 2.45) is 0 Å². The van der Waals surface area contributed by atoms with E-state index >= 15 is 0 Å². The van der Waals surface area contributed by atoms with E-state index < -0.39 is 0 Å². The molecule has 88 valence electrons. The third-order valence-electron chi connectivity index (χ3n) is 2.38. The van der Waals surface area contributed by atoms with Crippen LogP contribution in [-0.2, 0) is 4.79 Å². The first kappa shape index (κ1) is 12.4. The van der Waals surface area contributed by atoms with Gasteiger partial charge in [0.1, 0.15) is 0 Å². The van der Waals surface area contributed by atoms with E-state index in [4.69, 9.17) is 0 Å². The topological polar surface area (TPSA) is 17.1 Å². The summed E-state index contributed by atoms with van der Waals surface area (Å²) in [5.74, 6) is 0.868. The fourth-order valence-corrected chi connectivity index (χ4v) is 2.89. The Kier molecular flexibility index (Phi) is 4.40. The van der Waals surface area contributed by atoms with E-state index in [0.29, 0.717) is 0 Å². The highest BCUT2D eigenvalue weighted by Gasteiger charge is 1.95. The van der Waals surface area contributed by atoms with Crippen molar-refractivity contribution in [3.05, 3.63) is 41.3 Å². The smallest absolute Gasteiger partial charge is 0.185 e. The first-order chi connectivity index (χ1) is 8.25. The van der Waals surface area contributed by atoms with Crippen LogP contribution in [-0.4, -0.2) is 10.9 Å². The third kappa shape index (κ3) is 3.72. The number of rotatable bonds is 4. The number of hydrogen-bond acceptors (Lipinski definition) is 3. The third-order valence-corrected chi connectivity index (χ3v) is 4.12. The second-order valence-corrected chi connectivity index (χ2v) is 5.97. The lowest BCUT2D eigenvalue weighted by atomic mass is 10.1. The quantitative estimate of drug-likeness (QED) is 0.750. The highest BCUT2D eigenvalue weighted by molar-refractivity contribution is 8.13. The van der Waals surface area contributed by atoms with Crippen LogP contribution in [0.4, 0.5) is 0 Å². The predicted octanol–water partition coefficient (Wildman–Crippen LogP) is 4.58. The van der Waals surface area contributed by atoms with Gasteiger partial charge in [-0.05, 0) is 40.9 Å². The van der Waals surface area contributed by atoms with Crippen LogP contribution < -0.4 is 0 Å². The Labute approximate surface area is 110 Å². The van der Waals surface area contributed by atoms with Crippen LogP contribution in [0.2, 0.25) is 0 Å². The van der Waals surface area contributed by atoms with Gasteiger partial charge in [0.15, 0.2) is 5.12 Å². The van der Waals surface area contributed by atoms with Gasteiger partial charge in [0, 0.05) is 17.4 Å². The molecule has 1 aromatic carbocycles. The van der Waals surface area contributed by atoms with E-state index in [0.717, 1.165) is 12.2 Å². The molecule has 0 saturated carbocycles. The molecule has 17 heavy (non-hydrogen) atoms. The van der Waals surface area contributed by atoms with Crippen LogP contribution in [0.5, 0.6) is 0 Å². The molecule has 2 aromatic rings. The maximum absolute atomic E-state index is 10.7. The predicted molar refractivity (Wildman–Crippen MR) is 78.6 cm³/mol. The van der Waals surface area contributed by atoms with E-state index in [1.807, 2.05) is 0 Å². The lowest BCUT2D eigenvalue weighted by Gasteiger charge is -1.95. The molecular weight excluding hydrogens is 248 g/mol. The zero-order valence-corrected chi connectivity index (χ0v) is 11.3. The summed E-state index contributed by atoms with van der Waals surface area (Å²) < 4.78 is 1.33. The molecule has 0 saturated heterocycles. The zero-order chi connectivity index (χ0) is 12.1. The van der Waals surface area contributed by atoms with Gasteiger partial charge in [-0.3, -0.25) is 4.79 Å². The standard InChI is InChI=1S/C14H14OS2/c1-11(15)16-8-3-2-4-12-5-6-14-13(10-12)7-9-17-14/h2,4-7,9-10H,3,8H2,1H3. The Hall–Kier alpha value is -1.06. The lowest BCUT2D eigenvalue weighted by molar-refractivity contribution is -0.109. The number of allylic oxidation sites excluding steroid dienone is 1. The minimum absolute atomic E-state index is 0.193. The summed E-state index contributed by atoms with van der Waals surface area (Å²) in [6, 6.07) is 8.63. The van der Waals surface area contributed by atoms with Gasteiger partial charge in [0.2, 0.25) is 0 Å². The number of hydrogen-bond donors (Lipinski definition) is 0. The van der Waals surface area contributed by atoms with Gasteiger partial charge in [0.25, 0.3) is 0 Å². The largest absolute Gasteiger partial charge is 0.288 e. The van der Waals surface area contributed by atoms with E-state index in [2.05, 4.69) is 41.8 Å². The van der Waals surface area contributed by atoms with Crippen molar-refractivity contribution in [2.45, 2.75) is 13.3 Å². The van der Waals surface area contributed by atoms with Crippen molar-refractivity contribution in [2.75, 3.05) is 5.75 Å². The number of carbonyl (C=O) groups excluding carboxylic acids is 1. The molecular formula is C14H14OS2. The molecule has 0 radical (unpaired) electrons. The molecule has 0 fully saturated rings. The van der Waals surface area contributed by atoms with Gasteiger partial charge >= 0.3 is 0 Å². The molecule has 0 N–H and O–H groups in total. The highest BCUT2D eigenvalue weighted by Crippen LogP contribution is 2.22. The number of fused-ring (bicyclic) bond motifs is 1. The summed E-state index contributed by atoms with van der Waals surface area (Å²) in [7, 11) is 0. The molecule has 3 heteroatoms. The van der Waals surface area contributed by atoms with Gasteiger partial charge in [-0.2, -0.15) is 0 Å². The van der Waals surface area contributed by atoms with Crippen molar-refractivity contribution in [1.82, 2.24) is 0 Å². The molecule has 0 unspecified atom stereocenters. The minimum atomic E-state index is 0.193. The van der Waals surface area contributed by atoms with Gasteiger partial charge < -0.3 is 0 Å². The molecule has 0 amide bonds. The first-order valence-electron chi connectivity index (χ1n) is 5.53. The van der Waals surface area contributed by atoms with Crippen molar-refractivity contribution in [1.29, 1.82) is 0 Å². The maximum Gasteiger partial charge on any atom is 0.185 e. The van der Waals surface area contributed by atoms with Crippen LogP contribution in [0, 0.1) is 0 Å². The molecule has 0 aliphatic carbocycles. The molecule has 1 aromatic heterocycles. The van der Waals surface area contributed by atoms with E-state index in [1.165, 1.54) is 27.4 Å². The van der Waals surface area contributed by atoms with E-state index in [-0.39, 0.29) is 5.12 Å². The Morgan fingerprint density at radius 3 is 3.12 bits per heavy atom. The van der Waals surface area contributed by atoms with Crippen LogP contribution in [0.15, 0.2) is 35.7 Å². The average Bonchev–Trinajstić information content (AvgIpc) is 2.75. The van der Waals surface area contributed by atoms with Gasteiger partial charge in [-0.25, -0.2) is 0 Å². The number of thioether (sulfide) groups is 1. The number of thiophene rings is 1. The second-order valence-electron chi connectivity index (χ2n) is 3.75. The van der Waals surface area contributed by atoms with Crippen LogP contribution in [0.3, 0.4) is 0 Å². The molecule has 1 heterocycles. The van der Waals surface area contributed by atoms with Crippen molar-refractivity contribution in [3.63, 3.8) is 0 Å². The van der Waals surface area contributed by atoms with E-state index in [1.54, 1.807) is 18.3 Å². The van der Waals surface area contributed by atoms with Gasteiger partial charge in [-0.1, -0.05) is 30.0 Å². The number of carbonyl (C=O) groups is 1. The van der Waals surface area contributed by atoms with E-state index in [9.17, 15) is 4.79 Å². The lowest BCUT2D eigenvalue weighted by Crippen LogP contribution is -1.83. The SMILES string of the molecule is CC(=O)SCCC=Cc1ccc2sccc2c1. The summed E-state index contributed by atoms with van der Waals surface area (Å²) in [5, 5.41) is 3.61. The molecule has 0 aliphatic heterocycles. The van der Waals surface area contributed by atoms with Gasteiger partial charge in [0.05, 0.1) is 0 Å². The summed E-state index contributed by atoms with van der Waals surface area (Å²) in [5.41, 5.74) is 1.23. The van der Waals surface area contributed by atoms with Gasteiger partial charge in [-0.15, -0.1) is 11.3 Å². The summed E-state index contributed by atoms with van der Waals surface area (Å²) in [6.07, 6.45) is 5.19. The Bertz CT molecular complexity index is 540. The molecule has 0 bridgehead atoms.